The van der Waals surface area contributed by atoms with Crippen LogP contribution in [0.3, 0.4) is 0 Å². The van der Waals surface area contributed by atoms with Crippen molar-refractivity contribution in [2.45, 2.75) is 37.5 Å². The van der Waals surface area contributed by atoms with Crippen LogP contribution < -0.4 is 11.1 Å². The van der Waals surface area contributed by atoms with Crippen molar-refractivity contribution in [3.05, 3.63) is 52.2 Å². The Balaban J connectivity index is 0.00000364. The standard InChI is InChI=1S/C19H27N3O2S2.HI/c1-19(2,3)15-6-8-17(9-7-15)26(23,24)14-12-22-18(20)21-11-10-16-5-4-13-25-16;/h4-9,13H,10-12,14H2,1-3H3,(H3,20,21,22);1H. The molecule has 0 atom stereocenters. The Morgan fingerprint density at radius 1 is 1.19 bits per heavy atom. The molecule has 0 aliphatic heterocycles. The third kappa shape index (κ3) is 7.79. The van der Waals surface area contributed by atoms with Crippen molar-refractivity contribution in [1.29, 1.82) is 0 Å². The summed E-state index contributed by atoms with van der Waals surface area (Å²) in [4.78, 5) is 5.71. The number of nitrogens with zero attached hydrogens (tertiary/aromatic N) is 1. The maximum Gasteiger partial charge on any atom is 0.188 e. The van der Waals surface area contributed by atoms with E-state index < -0.39 is 9.84 Å². The first-order valence-corrected chi connectivity index (χ1v) is 11.1. The highest BCUT2D eigenvalue weighted by Crippen LogP contribution is 2.23. The second kappa shape index (κ2) is 10.4. The van der Waals surface area contributed by atoms with Gasteiger partial charge in [-0.25, -0.2) is 8.42 Å². The first-order valence-electron chi connectivity index (χ1n) is 8.58. The van der Waals surface area contributed by atoms with Crippen molar-refractivity contribution in [1.82, 2.24) is 5.32 Å². The van der Waals surface area contributed by atoms with Gasteiger partial charge in [-0.2, -0.15) is 0 Å². The van der Waals surface area contributed by atoms with Gasteiger partial charge in [0, 0.05) is 11.4 Å². The third-order valence-electron chi connectivity index (χ3n) is 3.98. The molecule has 5 nitrogen and oxygen atoms in total. The fourth-order valence-electron chi connectivity index (χ4n) is 2.39. The van der Waals surface area contributed by atoms with Crippen molar-refractivity contribution >= 4 is 51.1 Å². The van der Waals surface area contributed by atoms with Crippen LogP contribution in [0.15, 0.2) is 51.7 Å². The molecule has 3 N–H and O–H groups in total. The van der Waals surface area contributed by atoms with Crippen LogP contribution in [-0.2, 0) is 21.7 Å². The van der Waals surface area contributed by atoms with Crippen molar-refractivity contribution in [2.24, 2.45) is 10.7 Å². The van der Waals surface area contributed by atoms with Crippen LogP contribution in [0.2, 0.25) is 0 Å². The number of hydrogen-bond donors (Lipinski definition) is 2. The molecule has 0 saturated heterocycles. The summed E-state index contributed by atoms with van der Waals surface area (Å²) in [7, 11) is -3.36. The van der Waals surface area contributed by atoms with E-state index >= 15 is 0 Å². The molecule has 150 valence electrons. The first-order chi connectivity index (χ1) is 12.2. The molecule has 2 aromatic rings. The average Bonchev–Trinajstić information content (AvgIpc) is 3.07. The number of hydrogen-bond acceptors (Lipinski definition) is 4. The summed E-state index contributed by atoms with van der Waals surface area (Å²) >= 11 is 1.70. The van der Waals surface area contributed by atoms with E-state index in [-0.39, 0.29) is 47.6 Å². The first kappa shape index (κ1) is 23.9. The van der Waals surface area contributed by atoms with Gasteiger partial charge in [0.2, 0.25) is 0 Å². The number of halogens is 1. The maximum atomic E-state index is 12.4. The van der Waals surface area contributed by atoms with E-state index in [1.54, 1.807) is 23.5 Å². The topological polar surface area (TPSA) is 84.5 Å². The number of nitrogens with one attached hydrogen (secondary N) is 1. The lowest BCUT2D eigenvalue weighted by molar-refractivity contribution is 0.586. The average molecular weight is 521 g/mol. The van der Waals surface area contributed by atoms with Crippen LogP contribution >= 0.6 is 35.3 Å². The van der Waals surface area contributed by atoms with Crippen molar-refractivity contribution in [2.75, 3.05) is 18.8 Å². The predicted molar refractivity (Wildman–Crippen MR) is 125 cm³/mol. The van der Waals surface area contributed by atoms with Gasteiger partial charge in [0.05, 0.1) is 17.2 Å². The summed E-state index contributed by atoms with van der Waals surface area (Å²) < 4.78 is 24.8. The lowest BCUT2D eigenvalue weighted by Crippen LogP contribution is -2.33. The number of benzene rings is 1. The number of rotatable bonds is 7. The Kier molecular flexibility index (Phi) is 9.23. The summed E-state index contributed by atoms with van der Waals surface area (Å²) in [5.41, 5.74) is 6.90. The Bertz CT molecular complexity index is 825. The summed E-state index contributed by atoms with van der Waals surface area (Å²) in [5.74, 6) is 0.217. The van der Waals surface area contributed by atoms with Crippen molar-refractivity contribution in [3.63, 3.8) is 0 Å². The molecule has 0 bridgehead atoms. The molecule has 0 spiro atoms. The Hall–Kier alpha value is -1.13. The van der Waals surface area contributed by atoms with Crippen molar-refractivity contribution < 1.29 is 8.42 Å². The normalized spacial score (nSPS) is 12.5. The Morgan fingerprint density at radius 2 is 1.85 bits per heavy atom. The Labute approximate surface area is 183 Å². The Morgan fingerprint density at radius 3 is 2.41 bits per heavy atom. The number of thiophene rings is 1. The zero-order chi connectivity index (χ0) is 19.2. The van der Waals surface area contributed by atoms with Gasteiger partial charge in [0.1, 0.15) is 0 Å². The van der Waals surface area contributed by atoms with Gasteiger partial charge in [-0.15, -0.1) is 35.3 Å². The van der Waals surface area contributed by atoms with Gasteiger partial charge in [-0.1, -0.05) is 39.0 Å². The van der Waals surface area contributed by atoms with E-state index in [4.69, 9.17) is 5.73 Å². The van der Waals surface area contributed by atoms with Gasteiger partial charge in [-0.3, -0.25) is 4.99 Å². The second-order valence-corrected chi connectivity index (χ2v) is 10.3. The summed E-state index contributed by atoms with van der Waals surface area (Å²) in [6.07, 6.45) is 0.867. The molecule has 1 heterocycles. The highest BCUT2D eigenvalue weighted by Gasteiger charge is 2.17. The van der Waals surface area contributed by atoms with E-state index in [0.717, 1.165) is 12.0 Å². The number of aliphatic imine (C=N–C) groups is 1. The fourth-order valence-corrected chi connectivity index (χ4v) is 4.22. The zero-order valence-corrected chi connectivity index (χ0v) is 19.9. The lowest BCUT2D eigenvalue weighted by Gasteiger charge is -2.19. The summed E-state index contributed by atoms with van der Waals surface area (Å²) in [6, 6.07) is 11.2. The smallest absolute Gasteiger partial charge is 0.188 e. The minimum Gasteiger partial charge on any atom is -0.370 e. The molecule has 0 aliphatic carbocycles. The zero-order valence-electron chi connectivity index (χ0n) is 15.9. The highest BCUT2D eigenvalue weighted by molar-refractivity contribution is 14.0. The molecule has 0 amide bonds. The molecule has 2 rings (SSSR count). The highest BCUT2D eigenvalue weighted by atomic mass is 127. The molecule has 1 aromatic carbocycles. The maximum absolute atomic E-state index is 12.4. The molecule has 1 aromatic heterocycles. The van der Waals surface area contributed by atoms with E-state index in [0.29, 0.717) is 11.4 Å². The van der Waals surface area contributed by atoms with Gasteiger partial charge >= 0.3 is 0 Å². The molecule has 0 saturated carbocycles. The minimum atomic E-state index is -3.36. The third-order valence-corrected chi connectivity index (χ3v) is 6.63. The van der Waals surface area contributed by atoms with Gasteiger partial charge in [0.25, 0.3) is 0 Å². The van der Waals surface area contributed by atoms with E-state index in [2.05, 4.69) is 37.1 Å². The number of nitrogens with two attached hydrogens (primary N) is 1. The van der Waals surface area contributed by atoms with Crippen LogP contribution in [-0.4, -0.2) is 33.2 Å². The number of sulfone groups is 1. The van der Waals surface area contributed by atoms with Crippen LogP contribution in [0.5, 0.6) is 0 Å². The molecule has 27 heavy (non-hydrogen) atoms. The second-order valence-electron chi connectivity index (χ2n) is 7.12. The van der Waals surface area contributed by atoms with Gasteiger partial charge in [-0.05, 0) is 41.0 Å². The molecule has 8 heteroatoms. The van der Waals surface area contributed by atoms with Gasteiger partial charge < -0.3 is 11.1 Å². The lowest BCUT2D eigenvalue weighted by atomic mass is 9.87. The monoisotopic (exact) mass is 521 g/mol. The molecule has 0 radical (unpaired) electrons. The number of guanidine groups is 1. The largest absolute Gasteiger partial charge is 0.370 e. The molecular weight excluding hydrogens is 493 g/mol. The van der Waals surface area contributed by atoms with E-state index in [9.17, 15) is 8.42 Å². The molecular formula is C19H28IN3O2S2. The summed E-state index contributed by atoms with van der Waals surface area (Å²) in [6.45, 7) is 7.11. The minimum absolute atomic E-state index is 0. The summed E-state index contributed by atoms with van der Waals surface area (Å²) in [5, 5.41) is 5.04. The van der Waals surface area contributed by atoms with Gasteiger partial charge in [0.15, 0.2) is 15.8 Å². The van der Waals surface area contributed by atoms with Crippen molar-refractivity contribution in [3.8, 4) is 0 Å². The van der Waals surface area contributed by atoms with Crippen LogP contribution in [0.25, 0.3) is 0 Å². The van der Waals surface area contributed by atoms with E-state index in [1.807, 2.05) is 23.6 Å². The van der Waals surface area contributed by atoms with Crippen LogP contribution in [0, 0.1) is 0 Å². The predicted octanol–water partition coefficient (Wildman–Crippen LogP) is 3.58. The fraction of sp³-hybridized carbons (Fsp3) is 0.421. The molecule has 0 unspecified atom stereocenters. The SMILES string of the molecule is CC(C)(C)c1ccc(S(=O)(=O)CCN=C(N)NCCc2cccs2)cc1.I. The van der Waals surface area contributed by atoms with E-state index in [1.165, 1.54) is 4.88 Å². The molecule has 0 fully saturated rings. The molecule has 0 aliphatic rings. The van der Waals surface area contributed by atoms with Crippen LogP contribution in [0.1, 0.15) is 31.2 Å². The van der Waals surface area contributed by atoms with Crippen LogP contribution in [0.4, 0.5) is 0 Å². The quantitative estimate of drug-likeness (QED) is 0.332.